The van der Waals surface area contributed by atoms with Crippen molar-refractivity contribution in [2.45, 2.75) is 42.7 Å². The number of imidazole rings is 1. The van der Waals surface area contributed by atoms with Crippen LogP contribution in [0.3, 0.4) is 0 Å². The highest BCUT2D eigenvalue weighted by Crippen LogP contribution is 2.35. The van der Waals surface area contributed by atoms with Gasteiger partial charge in [0, 0.05) is 58.4 Å². The second-order valence-corrected chi connectivity index (χ2v) is 12.7. The van der Waals surface area contributed by atoms with Crippen LogP contribution in [0.4, 0.5) is 5.69 Å². The predicted molar refractivity (Wildman–Crippen MR) is 155 cm³/mol. The molecule has 3 aromatic rings. The Balaban J connectivity index is 1.34. The molecule has 2 N–H and O–H groups in total. The Morgan fingerprint density at radius 2 is 1.95 bits per heavy atom. The predicted octanol–water partition coefficient (Wildman–Crippen LogP) is 2.34. The number of benzene rings is 2. The molecule has 1 amide bonds. The molecule has 0 saturated carbocycles. The summed E-state index contributed by atoms with van der Waals surface area (Å²) in [5, 5.41) is 11.7. The topological polar surface area (TPSA) is 163 Å². The van der Waals surface area contributed by atoms with Gasteiger partial charge >= 0.3 is 0 Å². The third-order valence-corrected chi connectivity index (χ3v) is 10.0. The van der Waals surface area contributed by atoms with Crippen LogP contribution in [0, 0.1) is 16.0 Å². The Morgan fingerprint density at radius 3 is 2.69 bits per heavy atom. The molecule has 5 rings (SSSR count). The smallest absolute Gasteiger partial charge is 0.293 e. The van der Waals surface area contributed by atoms with Gasteiger partial charge in [0.05, 0.1) is 35.1 Å². The molecule has 1 aromatic heterocycles. The van der Waals surface area contributed by atoms with E-state index in [4.69, 9.17) is 20.2 Å². The molecule has 13 nitrogen and oxygen atoms in total. The SMILES string of the molecule is COCCCn1c([C@@H]2CCCN(C(=O)[C@@H]3CN(S(=O)(=O)c4ccc(OC)cc4[N+](=O)[O-])C[C@H]3N)C2)nc2ccccc21. The van der Waals surface area contributed by atoms with E-state index in [1.165, 1.54) is 13.2 Å². The van der Waals surface area contributed by atoms with Crippen molar-refractivity contribution in [1.82, 2.24) is 18.8 Å². The number of rotatable bonds is 10. The van der Waals surface area contributed by atoms with Crippen LogP contribution in [0.15, 0.2) is 47.4 Å². The van der Waals surface area contributed by atoms with Gasteiger partial charge in [-0.25, -0.2) is 13.4 Å². The fourth-order valence-corrected chi connectivity index (χ4v) is 7.64. The first-order valence-corrected chi connectivity index (χ1v) is 15.4. The van der Waals surface area contributed by atoms with Gasteiger partial charge < -0.3 is 24.7 Å². The summed E-state index contributed by atoms with van der Waals surface area (Å²) in [6.45, 7) is 2.09. The van der Waals surface area contributed by atoms with Gasteiger partial charge in [0.15, 0.2) is 4.90 Å². The summed E-state index contributed by atoms with van der Waals surface area (Å²) in [4.78, 5) is 30.9. The molecule has 2 saturated heterocycles. The zero-order chi connectivity index (χ0) is 30.0. The van der Waals surface area contributed by atoms with E-state index in [-0.39, 0.29) is 30.7 Å². The molecule has 226 valence electrons. The van der Waals surface area contributed by atoms with Gasteiger partial charge in [-0.1, -0.05) is 12.1 Å². The van der Waals surface area contributed by atoms with Crippen molar-refractivity contribution < 1.29 is 27.6 Å². The normalized spacial score (nSPS) is 21.6. The number of hydrogen-bond donors (Lipinski definition) is 1. The molecule has 3 heterocycles. The van der Waals surface area contributed by atoms with Crippen molar-refractivity contribution in [1.29, 1.82) is 0 Å². The van der Waals surface area contributed by atoms with Crippen molar-refractivity contribution in [3.63, 3.8) is 0 Å². The van der Waals surface area contributed by atoms with E-state index in [0.29, 0.717) is 19.7 Å². The summed E-state index contributed by atoms with van der Waals surface area (Å²) in [7, 11) is -1.28. The number of sulfonamides is 1. The van der Waals surface area contributed by atoms with Crippen LogP contribution in [0.5, 0.6) is 5.75 Å². The van der Waals surface area contributed by atoms with Gasteiger partial charge in [-0.2, -0.15) is 4.31 Å². The van der Waals surface area contributed by atoms with Crippen molar-refractivity contribution in [3.05, 3.63) is 58.4 Å². The van der Waals surface area contributed by atoms with E-state index in [9.17, 15) is 23.3 Å². The summed E-state index contributed by atoms with van der Waals surface area (Å²) in [6.07, 6.45) is 2.47. The number of para-hydroxylation sites is 2. The second kappa shape index (κ2) is 12.3. The van der Waals surface area contributed by atoms with Crippen LogP contribution in [0.2, 0.25) is 0 Å². The zero-order valence-electron chi connectivity index (χ0n) is 23.7. The molecule has 0 unspecified atom stereocenters. The number of ether oxygens (including phenoxy) is 2. The molecule has 14 heteroatoms. The molecule has 0 aliphatic carbocycles. The summed E-state index contributed by atoms with van der Waals surface area (Å²) in [5.74, 6) is 0.125. The maximum Gasteiger partial charge on any atom is 0.293 e. The lowest BCUT2D eigenvalue weighted by molar-refractivity contribution is -0.387. The Kier molecular flexibility index (Phi) is 8.78. The monoisotopic (exact) mass is 600 g/mol. The summed E-state index contributed by atoms with van der Waals surface area (Å²) < 4.78 is 40.6. The van der Waals surface area contributed by atoms with E-state index in [0.717, 1.165) is 59.1 Å². The summed E-state index contributed by atoms with van der Waals surface area (Å²) in [6, 6.07) is 10.8. The first kappa shape index (κ1) is 29.9. The van der Waals surface area contributed by atoms with Gasteiger partial charge in [0.25, 0.3) is 5.69 Å². The van der Waals surface area contributed by atoms with Gasteiger partial charge in [0.2, 0.25) is 15.9 Å². The van der Waals surface area contributed by atoms with Crippen LogP contribution in [-0.2, 0) is 26.1 Å². The minimum Gasteiger partial charge on any atom is -0.497 e. The molecular formula is C28H36N6O7S. The van der Waals surface area contributed by atoms with Crippen molar-refractivity contribution in [3.8, 4) is 5.75 Å². The molecule has 0 radical (unpaired) electrons. The molecule has 3 atom stereocenters. The number of nitro groups is 1. The lowest BCUT2D eigenvalue weighted by atomic mass is 9.94. The first-order valence-electron chi connectivity index (χ1n) is 14.0. The Labute approximate surface area is 244 Å². The molecule has 0 spiro atoms. The number of aryl methyl sites for hydroxylation is 1. The standard InChI is InChI=1S/C28H36N6O7S/c1-40-14-6-13-33-24-9-4-3-8-23(24)30-27(33)19-7-5-12-31(16-19)28(35)21-17-32(18-22(21)29)42(38,39)26-11-10-20(41-2)15-25(26)34(36)37/h3-4,8-11,15,19,21-22H,5-7,12-14,16-18,29H2,1-2H3/t19-,21-,22-/m1/s1. The molecule has 42 heavy (non-hydrogen) atoms. The van der Waals surface area contributed by atoms with E-state index in [1.54, 1.807) is 12.0 Å². The highest BCUT2D eigenvalue weighted by Gasteiger charge is 2.45. The van der Waals surface area contributed by atoms with Crippen LogP contribution >= 0.6 is 0 Å². The first-order chi connectivity index (χ1) is 20.1. The lowest BCUT2D eigenvalue weighted by Crippen LogP contribution is -2.47. The van der Waals surface area contributed by atoms with Gasteiger partial charge in [-0.05, 0) is 43.5 Å². The number of hydrogen-bond acceptors (Lipinski definition) is 9. The highest BCUT2D eigenvalue weighted by molar-refractivity contribution is 7.89. The van der Waals surface area contributed by atoms with Gasteiger partial charge in [0.1, 0.15) is 11.6 Å². The lowest BCUT2D eigenvalue weighted by Gasteiger charge is -2.35. The fourth-order valence-electron chi connectivity index (χ4n) is 6.00. The van der Waals surface area contributed by atoms with E-state index >= 15 is 0 Å². The summed E-state index contributed by atoms with van der Waals surface area (Å²) in [5.41, 5.74) is 7.70. The maximum atomic E-state index is 13.8. The number of aromatic nitrogens is 2. The number of nitrogens with two attached hydrogens (primary N) is 1. The number of piperidine rings is 1. The van der Waals surface area contributed by atoms with Crippen LogP contribution in [-0.4, -0.2) is 91.1 Å². The number of amides is 1. The number of nitrogens with zero attached hydrogens (tertiary/aromatic N) is 5. The van der Waals surface area contributed by atoms with E-state index in [1.807, 2.05) is 24.3 Å². The van der Waals surface area contributed by atoms with Crippen LogP contribution in [0.25, 0.3) is 11.0 Å². The maximum absolute atomic E-state index is 13.8. The van der Waals surface area contributed by atoms with Crippen molar-refractivity contribution in [2.75, 3.05) is 47.0 Å². The molecule has 0 bridgehead atoms. The average molecular weight is 601 g/mol. The molecule has 2 aliphatic heterocycles. The number of nitro benzene ring substituents is 1. The molecule has 2 fully saturated rings. The molecule has 2 aromatic carbocycles. The zero-order valence-corrected chi connectivity index (χ0v) is 24.5. The van der Waals surface area contributed by atoms with E-state index in [2.05, 4.69) is 4.57 Å². The van der Waals surface area contributed by atoms with Crippen LogP contribution < -0.4 is 10.5 Å². The molecule has 2 aliphatic rings. The van der Waals surface area contributed by atoms with Gasteiger partial charge in [-0.3, -0.25) is 14.9 Å². The number of likely N-dealkylation sites (tertiary alicyclic amines) is 1. The average Bonchev–Trinajstić information content (AvgIpc) is 3.57. The molecular weight excluding hydrogens is 564 g/mol. The third-order valence-electron chi connectivity index (χ3n) is 8.14. The van der Waals surface area contributed by atoms with Gasteiger partial charge in [-0.15, -0.1) is 0 Å². The Hall–Kier alpha value is -3.59. The minimum absolute atomic E-state index is 0.0112. The fraction of sp³-hybridized carbons (Fsp3) is 0.500. The summed E-state index contributed by atoms with van der Waals surface area (Å²) >= 11 is 0. The highest BCUT2D eigenvalue weighted by atomic mass is 32.2. The quantitative estimate of drug-likeness (QED) is 0.209. The third kappa shape index (κ3) is 5.71. The van der Waals surface area contributed by atoms with Crippen molar-refractivity contribution in [2.24, 2.45) is 11.7 Å². The number of methoxy groups -OCH3 is 2. The second-order valence-electron chi connectivity index (χ2n) is 10.8. The minimum atomic E-state index is -4.29. The Morgan fingerprint density at radius 1 is 1.17 bits per heavy atom. The largest absolute Gasteiger partial charge is 0.497 e. The number of carbonyl (C=O) groups excluding carboxylic acids is 1. The number of carbonyl (C=O) groups is 1. The van der Waals surface area contributed by atoms with Crippen LogP contribution in [0.1, 0.15) is 31.0 Å². The number of fused-ring (bicyclic) bond motifs is 1. The Bertz CT molecular complexity index is 1580. The van der Waals surface area contributed by atoms with E-state index < -0.39 is 37.5 Å². The van der Waals surface area contributed by atoms with Crippen molar-refractivity contribution >= 4 is 32.7 Å².